The van der Waals surface area contributed by atoms with Crippen LogP contribution >= 0.6 is 0 Å². The maximum absolute atomic E-state index is 5.57. The minimum absolute atomic E-state index is 0.260. The Bertz CT molecular complexity index is 532. The first kappa shape index (κ1) is 19.2. The molecule has 1 aliphatic carbocycles. The number of imidazole rings is 1. The maximum Gasteiger partial charge on any atom is 0.191 e. The van der Waals surface area contributed by atoms with Crippen LogP contribution in [0.25, 0.3) is 0 Å². The van der Waals surface area contributed by atoms with Crippen molar-refractivity contribution in [2.45, 2.75) is 50.6 Å². The van der Waals surface area contributed by atoms with Gasteiger partial charge in [0.15, 0.2) is 5.96 Å². The van der Waals surface area contributed by atoms with Gasteiger partial charge in [0.1, 0.15) is 0 Å². The summed E-state index contributed by atoms with van der Waals surface area (Å²) in [4.78, 5) is 11.2. The topological polar surface area (TPSA) is 66.7 Å². The SMILES string of the molecule is CN=C(NCCCn1ccnc1)NCC1(N2CCOCC2)CCCCC1. The van der Waals surface area contributed by atoms with E-state index in [-0.39, 0.29) is 5.54 Å². The second-order valence-corrected chi connectivity index (χ2v) is 7.39. The van der Waals surface area contributed by atoms with Gasteiger partial charge < -0.3 is 19.9 Å². The average Bonchev–Trinajstić information content (AvgIpc) is 3.22. The minimum Gasteiger partial charge on any atom is -0.379 e. The summed E-state index contributed by atoms with van der Waals surface area (Å²) in [5.41, 5.74) is 0.260. The Balaban J connectivity index is 1.46. The number of ether oxygens (including phenoxy) is 1. The highest BCUT2D eigenvalue weighted by Gasteiger charge is 2.38. The second-order valence-electron chi connectivity index (χ2n) is 7.39. The molecular weight excluding hydrogens is 328 g/mol. The number of aryl methyl sites for hydroxylation is 1. The van der Waals surface area contributed by atoms with Crippen molar-refractivity contribution in [1.29, 1.82) is 0 Å². The quantitative estimate of drug-likeness (QED) is 0.437. The molecule has 3 rings (SSSR count). The highest BCUT2D eigenvalue weighted by atomic mass is 16.5. The molecule has 0 spiro atoms. The first-order valence-corrected chi connectivity index (χ1v) is 10.1. The number of nitrogens with one attached hydrogen (secondary N) is 2. The van der Waals surface area contributed by atoms with Gasteiger partial charge >= 0.3 is 0 Å². The molecule has 0 bridgehead atoms. The first-order valence-electron chi connectivity index (χ1n) is 10.1. The zero-order valence-electron chi connectivity index (χ0n) is 16.1. The molecule has 26 heavy (non-hydrogen) atoms. The van der Waals surface area contributed by atoms with Gasteiger partial charge in [-0.25, -0.2) is 4.98 Å². The van der Waals surface area contributed by atoms with Crippen molar-refractivity contribution in [3.8, 4) is 0 Å². The normalized spacial score (nSPS) is 21.5. The van der Waals surface area contributed by atoms with Crippen molar-refractivity contribution < 1.29 is 4.74 Å². The van der Waals surface area contributed by atoms with E-state index in [0.717, 1.165) is 58.3 Å². The van der Waals surface area contributed by atoms with E-state index in [4.69, 9.17) is 4.74 Å². The third-order valence-corrected chi connectivity index (χ3v) is 5.72. The molecule has 0 atom stereocenters. The Morgan fingerprint density at radius 2 is 2.00 bits per heavy atom. The Labute approximate surface area is 157 Å². The number of guanidine groups is 1. The number of nitrogens with zero attached hydrogens (tertiary/aromatic N) is 4. The summed E-state index contributed by atoms with van der Waals surface area (Å²) in [6, 6.07) is 0. The smallest absolute Gasteiger partial charge is 0.191 e. The van der Waals surface area contributed by atoms with E-state index in [1.807, 2.05) is 25.8 Å². The predicted octanol–water partition coefficient (Wildman–Crippen LogP) is 1.47. The van der Waals surface area contributed by atoms with Crippen LogP contribution in [0.4, 0.5) is 0 Å². The monoisotopic (exact) mass is 362 g/mol. The molecule has 2 heterocycles. The molecule has 1 saturated heterocycles. The summed E-state index contributed by atoms with van der Waals surface area (Å²) >= 11 is 0. The summed E-state index contributed by atoms with van der Waals surface area (Å²) in [6.07, 6.45) is 13.3. The Hall–Kier alpha value is -1.60. The van der Waals surface area contributed by atoms with Gasteiger partial charge in [-0.15, -0.1) is 0 Å². The Morgan fingerprint density at radius 3 is 2.69 bits per heavy atom. The molecule has 0 amide bonds. The van der Waals surface area contributed by atoms with Gasteiger partial charge in [-0.05, 0) is 19.3 Å². The lowest BCUT2D eigenvalue weighted by Gasteiger charge is -2.48. The molecule has 0 aromatic carbocycles. The second kappa shape index (κ2) is 9.92. The van der Waals surface area contributed by atoms with E-state index in [9.17, 15) is 0 Å². The molecule has 7 nitrogen and oxygen atoms in total. The highest BCUT2D eigenvalue weighted by Crippen LogP contribution is 2.33. The fourth-order valence-electron chi connectivity index (χ4n) is 4.21. The van der Waals surface area contributed by atoms with E-state index in [2.05, 4.69) is 30.1 Å². The van der Waals surface area contributed by atoms with Crippen molar-refractivity contribution in [1.82, 2.24) is 25.1 Å². The number of hydrogen-bond donors (Lipinski definition) is 2. The lowest BCUT2D eigenvalue weighted by molar-refractivity contribution is -0.0352. The van der Waals surface area contributed by atoms with E-state index in [0.29, 0.717) is 0 Å². The van der Waals surface area contributed by atoms with Crippen LogP contribution in [0.2, 0.25) is 0 Å². The van der Waals surface area contributed by atoms with Crippen LogP contribution in [0, 0.1) is 0 Å². The predicted molar refractivity (Wildman–Crippen MR) is 104 cm³/mol. The fourth-order valence-corrected chi connectivity index (χ4v) is 4.21. The van der Waals surface area contributed by atoms with Crippen LogP contribution in [0.5, 0.6) is 0 Å². The average molecular weight is 363 g/mol. The van der Waals surface area contributed by atoms with Crippen molar-refractivity contribution in [3.63, 3.8) is 0 Å². The van der Waals surface area contributed by atoms with Crippen LogP contribution < -0.4 is 10.6 Å². The largest absolute Gasteiger partial charge is 0.379 e. The summed E-state index contributed by atoms with van der Waals surface area (Å²) < 4.78 is 7.68. The van der Waals surface area contributed by atoms with Gasteiger partial charge in [0, 0.05) is 57.7 Å². The summed E-state index contributed by atoms with van der Waals surface area (Å²) in [7, 11) is 1.85. The van der Waals surface area contributed by atoms with Crippen molar-refractivity contribution in [2.24, 2.45) is 4.99 Å². The van der Waals surface area contributed by atoms with Crippen LogP contribution in [0.1, 0.15) is 38.5 Å². The summed E-state index contributed by atoms with van der Waals surface area (Å²) in [5.74, 6) is 0.911. The fraction of sp³-hybridized carbons (Fsp3) is 0.789. The van der Waals surface area contributed by atoms with Crippen molar-refractivity contribution in [2.75, 3.05) is 46.4 Å². The lowest BCUT2D eigenvalue weighted by atomic mass is 9.80. The molecule has 1 saturated carbocycles. The molecule has 2 fully saturated rings. The number of morpholine rings is 1. The van der Waals surface area contributed by atoms with Crippen LogP contribution in [-0.4, -0.2) is 72.4 Å². The molecule has 1 aromatic heterocycles. The van der Waals surface area contributed by atoms with Gasteiger partial charge in [0.2, 0.25) is 0 Å². The van der Waals surface area contributed by atoms with Crippen LogP contribution in [-0.2, 0) is 11.3 Å². The molecule has 2 N–H and O–H groups in total. The molecule has 2 aliphatic rings. The standard InChI is InChI=1S/C19H34N6O/c1-20-18(22-8-5-10-24-11-9-21-17-24)23-16-19(6-3-2-4-7-19)25-12-14-26-15-13-25/h9,11,17H,2-8,10,12-16H2,1H3,(H2,20,22,23). The zero-order chi connectivity index (χ0) is 18.1. The molecule has 1 aliphatic heterocycles. The number of aliphatic imine (C=N–C) groups is 1. The number of rotatable bonds is 7. The molecule has 0 unspecified atom stereocenters. The van der Waals surface area contributed by atoms with Crippen molar-refractivity contribution in [3.05, 3.63) is 18.7 Å². The van der Waals surface area contributed by atoms with Crippen molar-refractivity contribution >= 4 is 5.96 Å². The Kier molecular flexibility index (Phi) is 7.32. The molecule has 1 aromatic rings. The maximum atomic E-state index is 5.57. The van der Waals surface area contributed by atoms with Gasteiger partial charge in [0.05, 0.1) is 19.5 Å². The number of hydrogen-bond acceptors (Lipinski definition) is 4. The minimum atomic E-state index is 0.260. The van der Waals surface area contributed by atoms with Gasteiger partial charge in [0.25, 0.3) is 0 Å². The van der Waals surface area contributed by atoms with E-state index >= 15 is 0 Å². The van der Waals surface area contributed by atoms with E-state index < -0.39 is 0 Å². The third kappa shape index (κ3) is 5.20. The lowest BCUT2D eigenvalue weighted by Crippen LogP contribution is -2.60. The summed E-state index contributed by atoms with van der Waals surface area (Å²) in [5, 5.41) is 7.06. The zero-order valence-corrected chi connectivity index (χ0v) is 16.1. The summed E-state index contributed by atoms with van der Waals surface area (Å²) in [6.45, 7) is 6.68. The molecule has 7 heteroatoms. The highest BCUT2D eigenvalue weighted by molar-refractivity contribution is 5.79. The Morgan fingerprint density at radius 1 is 1.19 bits per heavy atom. The van der Waals surface area contributed by atoms with Crippen LogP contribution in [0.15, 0.2) is 23.7 Å². The van der Waals surface area contributed by atoms with Gasteiger partial charge in [-0.2, -0.15) is 0 Å². The van der Waals surface area contributed by atoms with Gasteiger partial charge in [-0.1, -0.05) is 19.3 Å². The van der Waals surface area contributed by atoms with Crippen LogP contribution in [0.3, 0.4) is 0 Å². The molecule has 146 valence electrons. The van der Waals surface area contributed by atoms with E-state index in [1.165, 1.54) is 32.1 Å². The third-order valence-electron chi connectivity index (χ3n) is 5.72. The van der Waals surface area contributed by atoms with Gasteiger partial charge in [-0.3, -0.25) is 9.89 Å². The number of aromatic nitrogens is 2. The first-order chi connectivity index (χ1) is 12.8. The van der Waals surface area contributed by atoms with E-state index in [1.54, 1.807) is 0 Å². The molecule has 0 radical (unpaired) electrons. The molecular formula is C19H34N6O.